The topological polar surface area (TPSA) is 68.2 Å². The molecule has 0 saturated heterocycles. The van der Waals surface area contributed by atoms with Crippen LogP contribution in [0.25, 0.3) is 0 Å². The van der Waals surface area contributed by atoms with Gasteiger partial charge in [0.25, 0.3) is 0 Å². The minimum atomic E-state index is -0.308. The van der Waals surface area contributed by atoms with Crippen LogP contribution in [0.3, 0.4) is 0 Å². The van der Waals surface area contributed by atoms with Gasteiger partial charge in [-0.2, -0.15) is 5.10 Å². The van der Waals surface area contributed by atoms with E-state index in [1.807, 2.05) is 31.5 Å². The second-order valence-corrected chi connectivity index (χ2v) is 9.56. The van der Waals surface area contributed by atoms with Crippen LogP contribution in [0.2, 0.25) is 0 Å². The number of aromatic nitrogens is 2. The number of rotatable bonds is 6. The van der Waals surface area contributed by atoms with E-state index < -0.39 is 0 Å². The lowest BCUT2D eigenvalue weighted by Crippen LogP contribution is -2.21. The second kappa shape index (κ2) is 10.0. The van der Waals surface area contributed by atoms with Crippen LogP contribution >= 0.6 is 23.6 Å². The van der Waals surface area contributed by atoms with Crippen molar-refractivity contribution in [3.8, 4) is 0 Å². The lowest BCUT2D eigenvalue weighted by atomic mass is 9.95. The van der Waals surface area contributed by atoms with E-state index in [1.54, 1.807) is 17.4 Å². The number of thiocarbonyl (C=S) groups is 1. The summed E-state index contributed by atoms with van der Waals surface area (Å²) in [6, 6.07) is 6.49. The Bertz CT molecular complexity index is 1200. The minimum absolute atomic E-state index is 0.270. The molecule has 0 atom stereocenters. The summed E-state index contributed by atoms with van der Waals surface area (Å²) in [5.74, 6) is -0.578. The molecule has 2 N–H and O–H groups in total. The van der Waals surface area contributed by atoms with E-state index in [2.05, 4.69) is 15.7 Å². The third-order valence-corrected chi connectivity index (χ3v) is 7.13. The molecule has 2 heterocycles. The van der Waals surface area contributed by atoms with Gasteiger partial charge >= 0.3 is 5.97 Å². The predicted molar refractivity (Wildman–Crippen MR) is 134 cm³/mol. The predicted octanol–water partition coefficient (Wildman–Crippen LogP) is 5.61. The van der Waals surface area contributed by atoms with Crippen molar-refractivity contribution in [2.75, 3.05) is 17.2 Å². The number of anilines is 2. The fourth-order valence-electron chi connectivity index (χ4n) is 4.16. The van der Waals surface area contributed by atoms with Gasteiger partial charge in [-0.25, -0.2) is 9.18 Å². The fourth-order valence-corrected chi connectivity index (χ4v) is 5.71. The number of halogens is 1. The molecule has 3 aromatic rings. The molecular formula is C24H27FN4O2S2. The third kappa shape index (κ3) is 5.09. The van der Waals surface area contributed by atoms with Crippen LogP contribution in [-0.2, 0) is 24.1 Å². The molecule has 174 valence electrons. The number of benzene rings is 1. The summed E-state index contributed by atoms with van der Waals surface area (Å²) in [6.45, 7) is 6.43. The summed E-state index contributed by atoms with van der Waals surface area (Å²) in [7, 11) is 0. The molecular weight excluding hydrogens is 459 g/mol. The zero-order valence-electron chi connectivity index (χ0n) is 19.0. The van der Waals surface area contributed by atoms with Gasteiger partial charge in [-0.15, -0.1) is 11.3 Å². The van der Waals surface area contributed by atoms with Crippen LogP contribution in [0.15, 0.2) is 24.3 Å². The van der Waals surface area contributed by atoms with Crippen LogP contribution in [0.4, 0.5) is 15.1 Å². The van der Waals surface area contributed by atoms with Crippen LogP contribution in [0, 0.1) is 19.7 Å². The number of carbonyl (C=O) groups excluding carboxylic acids is 1. The van der Waals surface area contributed by atoms with E-state index in [0.29, 0.717) is 23.8 Å². The molecule has 0 fully saturated rings. The molecule has 33 heavy (non-hydrogen) atoms. The molecule has 0 amide bonds. The number of hydrogen-bond donors (Lipinski definition) is 2. The molecule has 0 saturated carbocycles. The first-order chi connectivity index (χ1) is 15.9. The zero-order valence-corrected chi connectivity index (χ0v) is 20.6. The largest absolute Gasteiger partial charge is 0.462 e. The van der Waals surface area contributed by atoms with E-state index in [9.17, 15) is 9.18 Å². The number of hydrogen-bond acceptors (Lipinski definition) is 5. The molecule has 0 radical (unpaired) electrons. The quantitative estimate of drug-likeness (QED) is 0.349. The number of carbonyl (C=O) groups is 1. The van der Waals surface area contributed by atoms with Crippen molar-refractivity contribution in [2.24, 2.45) is 0 Å². The summed E-state index contributed by atoms with van der Waals surface area (Å²) < 4.78 is 20.7. The van der Waals surface area contributed by atoms with Gasteiger partial charge in [-0.05, 0) is 81.9 Å². The summed E-state index contributed by atoms with van der Waals surface area (Å²) in [5.41, 5.74) is 4.99. The summed E-state index contributed by atoms with van der Waals surface area (Å²) >= 11 is 7.17. The third-order valence-electron chi connectivity index (χ3n) is 5.72. The van der Waals surface area contributed by atoms with Gasteiger partial charge in [0.2, 0.25) is 0 Å². The number of nitrogens with one attached hydrogen (secondary N) is 2. The van der Waals surface area contributed by atoms with Crippen LogP contribution < -0.4 is 10.6 Å². The van der Waals surface area contributed by atoms with Gasteiger partial charge in [0.05, 0.1) is 35.8 Å². The molecule has 0 spiro atoms. The Morgan fingerprint density at radius 2 is 2.06 bits per heavy atom. The van der Waals surface area contributed by atoms with Gasteiger partial charge in [0, 0.05) is 4.88 Å². The van der Waals surface area contributed by atoms with E-state index >= 15 is 0 Å². The molecule has 4 rings (SSSR count). The first-order valence-corrected chi connectivity index (χ1v) is 12.3. The minimum Gasteiger partial charge on any atom is -0.462 e. The van der Waals surface area contributed by atoms with Crippen LogP contribution in [-0.4, -0.2) is 27.5 Å². The number of fused-ring (bicyclic) bond motifs is 1. The Hall–Kier alpha value is -2.78. The zero-order chi connectivity index (χ0) is 23.5. The Kier molecular flexibility index (Phi) is 7.09. The molecule has 1 aromatic carbocycles. The lowest BCUT2D eigenvalue weighted by molar-refractivity contribution is 0.0526. The van der Waals surface area contributed by atoms with E-state index in [4.69, 9.17) is 17.0 Å². The molecule has 0 aliphatic heterocycles. The molecule has 0 bridgehead atoms. The number of aryl methyl sites for hydroxylation is 2. The highest BCUT2D eigenvalue weighted by Crippen LogP contribution is 2.38. The van der Waals surface area contributed by atoms with Gasteiger partial charge in [0.15, 0.2) is 5.11 Å². The Balaban J connectivity index is 1.53. The first kappa shape index (κ1) is 23.4. The number of nitrogens with zero attached hydrogens (tertiary/aromatic N) is 2. The van der Waals surface area contributed by atoms with Crippen molar-refractivity contribution >= 4 is 45.3 Å². The average molecular weight is 487 g/mol. The van der Waals surface area contributed by atoms with Crippen LogP contribution in [0.5, 0.6) is 0 Å². The summed E-state index contributed by atoms with van der Waals surface area (Å²) in [5, 5.41) is 12.2. The highest BCUT2D eigenvalue weighted by atomic mass is 32.1. The number of ether oxygens (including phenoxy) is 1. The van der Waals surface area contributed by atoms with Gasteiger partial charge in [-0.3, -0.25) is 4.68 Å². The molecule has 2 aromatic heterocycles. The molecule has 1 aliphatic carbocycles. The molecule has 6 nitrogen and oxygen atoms in total. The molecule has 1 aliphatic rings. The fraction of sp³-hybridized carbons (Fsp3) is 0.375. The normalized spacial score (nSPS) is 12.8. The highest BCUT2D eigenvalue weighted by Gasteiger charge is 2.27. The Morgan fingerprint density at radius 1 is 1.27 bits per heavy atom. The number of thiophene rings is 1. The number of esters is 1. The lowest BCUT2D eigenvalue weighted by Gasteiger charge is -2.13. The Morgan fingerprint density at radius 3 is 2.82 bits per heavy atom. The molecule has 9 heteroatoms. The standard InChI is InChI=1S/C24H27FN4O2S2/c1-4-31-23(30)20-18-10-5-6-11-19(18)33-22(20)27-24(32)26-21-14(2)28-29(15(21)3)13-16-8-7-9-17(25)12-16/h7-9,12H,4-6,10-11,13H2,1-3H3,(H2,26,27,32). The van der Waals surface area contributed by atoms with Gasteiger partial charge in [0.1, 0.15) is 10.8 Å². The van der Waals surface area contributed by atoms with Gasteiger partial charge < -0.3 is 15.4 Å². The monoisotopic (exact) mass is 486 g/mol. The van der Waals surface area contributed by atoms with E-state index in [0.717, 1.165) is 58.9 Å². The smallest absolute Gasteiger partial charge is 0.341 e. The maximum Gasteiger partial charge on any atom is 0.341 e. The molecule has 0 unspecified atom stereocenters. The maximum absolute atomic E-state index is 13.6. The van der Waals surface area contributed by atoms with Crippen molar-refractivity contribution in [1.82, 2.24) is 9.78 Å². The SMILES string of the molecule is CCOC(=O)c1c(NC(=S)Nc2c(C)nn(Cc3cccc(F)c3)c2C)sc2c1CCCC2. The van der Waals surface area contributed by atoms with Crippen molar-refractivity contribution in [3.63, 3.8) is 0 Å². The van der Waals surface area contributed by atoms with Crippen molar-refractivity contribution in [2.45, 2.75) is 53.0 Å². The van der Waals surface area contributed by atoms with E-state index in [1.165, 1.54) is 17.0 Å². The maximum atomic E-state index is 13.6. The second-order valence-electron chi connectivity index (χ2n) is 8.05. The first-order valence-electron chi connectivity index (χ1n) is 11.1. The average Bonchev–Trinajstić information content (AvgIpc) is 3.26. The van der Waals surface area contributed by atoms with Gasteiger partial charge in [-0.1, -0.05) is 12.1 Å². The van der Waals surface area contributed by atoms with E-state index in [-0.39, 0.29) is 11.8 Å². The van der Waals surface area contributed by atoms with Crippen LogP contribution in [0.1, 0.15) is 57.5 Å². The summed E-state index contributed by atoms with van der Waals surface area (Å²) in [6.07, 6.45) is 4.05. The van der Waals surface area contributed by atoms with Crippen molar-refractivity contribution in [3.05, 3.63) is 63.0 Å². The summed E-state index contributed by atoms with van der Waals surface area (Å²) in [4.78, 5) is 13.9. The highest BCUT2D eigenvalue weighted by molar-refractivity contribution is 7.80. The Labute approximate surface area is 202 Å². The van der Waals surface area contributed by atoms with Crippen molar-refractivity contribution < 1.29 is 13.9 Å². The van der Waals surface area contributed by atoms with Crippen molar-refractivity contribution in [1.29, 1.82) is 0 Å².